The summed E-state index contributed by atoms with van der Waals surface area (Å²) < 4.78 is 1.83. The number of rotatable bonds is 6. The topological polar surface area (TPSA) is 42.7 Å². The van der Waals surface area contributed by atoms with Crippen LogP contribution < -0.4 is 5.32 Å². The zero-order chi connectivity index (χ0) is 13.7. The molecule has 102 valence electrons. The van der Waals surface area contributed by atoms with Crippen LogP contribution in [0.3, 0.4) is 0 Å². The number of hydrogen-bond acceptors (Lipinski definition) is 3. The summed E-state index contributed by atoms with van der Waals surface area (Å²) in [5, 5.41) is 8.32. The maximum atomic E-state index is 5.88. The van der Waals surface area contributed by atoms with E-state index in [2.05, 4.69) is 28.5 Å². The van der Waals surface area contributed by atoms with Crippen LogP contribution in [0.1, 0.15) is 30.6 Å². The molecule has 1 unspecified atom stereocenters. The highest BCUT2D eigenvalue weighted by Gasteiger charge is 2.12. The van der Waals surface area contributed by atoms with Gasteiger partial charge in [-0.15, -0.1) is 0 Å². The Hall–Kier alpha value is -1.39. The molecule has 0 bridgehead atoms. The molecule has 0 amide bonds. The second-order valence-corrected chi connectivity index (χ2v) is 5.01. The van der Waals surface area contributed by atoms with Gasteiger partial charge in [-0.05, 0) is 37.1 Å². The summed E-state index contributed by atoms with van der Waals surface area (Å²) in [6.45, 7) is 3.02. The summed E-state index contributed by atoms with van der Waals surface area (Å²) in [5.74, 6) is 0. The fourth-order valence-corrected chi connectivity index (χ4v) is 2.22. The molecule has 1 N–H and O–H groups in total. The van der Waals surface area contributed by atoms with Gasteiger partial charge in [0.2, 0.25) is 0 Å². The Kier molecular flexibility index (Phi) is 4.93. The summed E-state index contributed by atoms with van der Waals surface area (Å²) >= 11 is 5.88. The molecule has 4 nitrogen and oxygen atoms in total. The van der Waals surface area contributed by atoms with Gasteiger partial charge in [0.1, 0.15) is 0 Å². The average molecular weight is 279 g/mol. The molecule has 0 aliphatic carbocycles. The van der Waals surface area contributed by atoms with Crippen molar-refractivity contribution in [1.29, 1.82) is 0 Å². The molecule has 0 fully saturated rings. The monoisotopic (exact) mass is 278 g/mol. The molecule has 0 saturated heterocycles. The van der Waals surface area contributed by atoms with E-state index in [1.54, 1.807) is 6.20 Å². The zero-order valence-corrected chi connectivity index (χ0v) is 12.1. The van der Waals surface area contributed by atoms with E-state index in [-0.39, 0.29) is 6.04 Å². The van der Waals surface area contributed by atoms with Gasteiger partial charge >= 0.3 is 0 Å². The zero-order valence-electron chi connectivity index (χ0n) is 11.3. The minimum atomic E-state index is 0.252. The van der Waals surface area contributed by atoms with E-state index in [9.17, 15) is 0 Å². The predicted molar refractivity (Wildman–Crippen MR) is 77.2 cm³/mol. The summed E-state index contributed by atoms with van der Waals surface area (Å²) in [4.78, 5) is 4.40. The molecule has 2 rings (SSSR count). The highest BCUT2D eigenvalue weighted by atomic mass is 35.5. The Bertz CT molecular complexity index is 506. The normalized spacial score (nSPS) is 12.6. The number of halogens is 1. The summed E-state index contributed by atoms with van der Waals surface area (Å²) in [5.41, 5.74) is 2.29. The van der Waals surface area contributed by atoms with Crippen molar-refractivity contribution in [2.24, 2.45) is 7.05 Å². The third kappa shape index (κ3) is 4.04. The number of nitrogens with one attached hydrogen (secondary N) is 1. The van der Waals surface area contributed by atoms with Crippen LogP contribution >= 0.6 is 11.6 Å². The van der Waals surface area contributed by atoms with Crippen LogP contribution in [-0.2, 0) is 13.5 Å². The number of nitrogens with zero attached hydrogens (tertiary/aromatic N) is 3. The maximum absolute atomic E-state index is 5.88. The largest absolute Gasteiger partial charge is 0.309 e. The molecule has 2 aromatic rings. The summed E-state index contributed by atoms with van der Waals surface area (Å²) in [6, 6.07) is 4.12. The third-order valence-corrected chi connectivity index (χ3v) is 3.26. The fourth-order valence-electron chi connectivity index (χ4n) is 2.11. The summed E-state index contributed by atoms with van der Waals surface area (Å²) in [7, 11) is 1.94. The average Bonchev–Trinajstić information content (AvgIpc) is 2.81. The molecule has 0 aliphatic heterocycles. The Morgan fingerprint density at radius 2 is 2.21 bits per heavy atom. The van der Waals surface area contributed by atoms with Crippen molar-refractivity contribution in [3.63, 3.8) is 0 Å². The van der Waals surface area contributed by atoms with Crippen molar-refractivity contribution in [3.8, 4) is 0 Å². The molecule has 0 spiro atoms. The van der Waals surface area contributed by atoms with Gasteiger partial charge in [0.05, 0.1) is 16.9 Å². The minimum absolute atomic E-state index is 0.252. The lowest BCUT2D eigenvalue weighted by Gasteiger charge is -2.17. The number of pyridine rings is 1. The Morgan fingerprint density at radius 3 is 2.79 bits per heavy atom. The maximum Gasteiger partial charge on any atom is 0.0589 e. The van der Waals surface area contributed by atoms with Crippen molar-refractivity contribution < 1.29 is 0 Å². The van der Waals surface area contributed by atoms with Gasteiger partial charge in [-0.25, -0.2) is 0 Å². The van der Waals surface area contributed by atoms with Crippen LogP contribution in [0.15, 0.2) is 30.7 Å². The Labute approximate surface area is 118 Å². The lowest BCUT2D eigenvalue weighted by molar-refractivity contribution is 0.504. The van der Waals surface area contributed by atoms with Gasteiger partial charge in [-0.2, -0.15) is 5.10 Å². The van der Waals surface area contributed by atoms with E-state index in [1.807, 2.05) is 30.1 Å². The highest BCUT2D eigenvalue weighted by Crippen LogP contribution is 2.18. The van der Waals surface area contributed by atoms with Crippen LogP contribution in [-0.4, -0.2) is 21.3 Å². The quantitative estimate of drug-likeness (QED) is 0.883. The molecule has 1 atom stereocenters. The Morgan fingerprint density at radius 1 is 1.37 bits per heavy atom. The van der Waals surface area contributed by atoms with Crippen LogP contribution in [0, 0.1) is 0 Å². The highest BCUT2D eigenvalue weighted by molar-refractivity contribution is 6.30. The fraction of sp³-hybridized carbons (Fsp3) is 0.429. The molecule has 5 heteroatoms. The van der Waals surface area contributed by atoms with Gasteiger partial charge in [-0.3, -0.25) is 9.67 Å². The smallest absolute Gasteiger partial charge is 0.0589 e. The van der Waals surface area contributed by atoms with Gasteiger partial charge in [0.25, 0.3) is 0 Å². The van der Waals surface area contributed by atoms with E-state index >= 15 is 0 Å². The number of aryl methyl sites for hydroxylation is 2. The lowest BCUT2D eigenvalue weighted by Crippen LogP contribution is -2.22. The number of hydrogen-bond donors (Lipinski definition) is 1. The second-order valence-electron chi connectivity index (χ2n) is 4.57. The lowest BCUT2D eigenvalue weighted by atomic mass is 10.0. The molecule has 0 aliphatic rings. The van der Waals surface area contributed by atoms with Crippen LogP contribution in [0.25, 0.3) is 0 Å². The molecular formula is C14H19ClN4. The first kappa shape index (κ1) is 14.0. The summed E-state index contributed by atoms with van der Waals surface area (Å²) in [6.07, 6.45) is 7.64. The van der Waals surface area contributed by atoms with Crippen molar-refractivity contribution in [2.45, 2.75) is 25.8 Å². The van der Waals surface area contributed by atoms with E-state index in [1.165, 1.54) is 5.56 Å². The van der Waals surface area contributed by atoms with Crippen molar-refractivity contribution in [3.05, 3.63) is 47.0 Å². The second kappa shape index (κ2) is 6.68. The van der Waals surface area contributed by atoms with Gasteiger partial charge in [0, 0.05) is 25.5 Å². The van der Waals surface area contributed by atoms with Gasteiger partial charge in [-0.1, -0.05) is 18.5 Å². The molecule has 0 radical (unpaired) electrons. The minimum Gasteiger partial charge on any atom is -0.309 e. The molecule has 2 heterocycles. The first-order valence-electron chi connectivity index (χ1n) is 6.51. The SMILES string of the molecule is CCNC(CCc1cnn(C)c1)c1ccc(Cl)cn1. The number of aromatic nitrogens is 3. The predicted octanol–water partition coefficient (Wildman–Crippen LogP) is 2.75. The van der Waals surface area contributed by atoms with Crippen molar-refractivity contribution in [1.82, 2.24) is 20.1 Å². The Balaban J connectivity index is 2.01. The molecule has 0 aromatic carbocycles. The molecule has 19 heavy (non-hydrogen) atoms. The first-order chi connectivity index (χ1) is 9.19. The van der Waals surface area contributed by atoms with Crippen LogP contribution in [0.5, 0.6) is 0 Å². The van der Waals surface area contributed by atoms with Crippen molar-refractivity contribution >= 4 is 11.6 Å². The van der Waals surface area contributed by atoms with Gasteiger partial charge in [0.15, 0.2) is 0 Å². The first-order valence-corrected chi connectivity index (χ1v) is 6.89. The van der Waals surface area contributed by atoms with Gasteiger partial charge < -0.3 is 5.32 Å². The standard InChI is InChI=1S/C14H19ClN4/c1-3-16-13(14-7-5-12(15)9-17-14)6-4-11-8-18-19(2)10-11/h5,7-10,13,16H,3-4,6H2,1-2H3. The van der Waals surface area contributed by atoms with E-state index in [0.717, 1.165) is 25.1 Å². The van der Waals surface area contributed by atoms with E-state index < -0.39 is 0 Å². The third-order valence-electron chi connectivity index (χ3n) is 3.04. The van der Waals surface area contributed by atoms with Crippen LogP contribution in [0.4, 0.5) is 0 Å². The molecule has 2 aromatic heterocycles. The van der Waals surface area contributed by atoms with E-state index in [4.69, 9.17) is 11.6 Å². The molecule has 0 saturated carbocycles. The van der Waals surface area contributed by atoms with Crippen molar-refractivity contribution in [2.75, 3.05) is 6.54 Å². The van der Waals surface area contributed by atoms with Crippen LogP contribution in [0.2, 0.25) is 5.02 Å². The molecular weight excluding hydrogens is 260 g/mol. The van der Waals surface area contributed by atoms with E-state index in [0.29, 0.717) is 5.02 Å².